The fourth-order valence-electron chi connectivity index (χ4n) is 3.13. The molecule has 0 aromatic heterocycles. The zero-order valence-corrected chi connectivity index (χ0v) is 14.6. The fourth-order valence-corrected chi connectivity index (χ4v) is 3.13. The van der Waals surface area contributed by atoms with Crippen molar-refractivity contribution in [3.63, 3.8) is 0 Å². The van der Waals surface area contributed by atoms with Crippen LogP contribution >= 0.6 is 0 Å². The van der Waals surface area contributed by atoms with E-state index in [4.69, 9.17) is 0 Å². The van der Waals surface area contributed by atoms with E-state index in [-0.39, 0.29) is 5.54 Å². The molecule has 1 heteroatoms. The summed E-state index contributed by atoms with van der Waals surface area (Å²) in [5.41, 5.74) is 3.48. The predicted octanol–water partition coefficient (Wildman–Crippen LogP) is 5.82. The number of hydrogen-bond donors (Lipinski definition) is 0. The molecule has 0 N–H and O–H groups in total. The molecule has 1 aromatic rings. The van der Waals surface area contributed by atoms with Gasteiger partial charge in [0.1, 0.15) is 0 Å². The van der Waals surface area contributed by atoms with Crippen LogP contribution in [-0.2, 0) is 0 Å². The van der Waals surface area contributed by atoms with Crippen molar-refractivity contribution in [3.8, 4) is 0 Å². The SMILES string of the molecule is CC.Cc1ccccc1N1CC(C)(C)CCCC1(C)C. The van der Waals surface area contributed by atoms with Crippen LogP contribution in [0.5, 0.6) is 0 Å². The summed E-state index contributed by atoms with van der Waals surface area (Å²) in [6.07, 6.45) is 3.95. The quantitative estimate of drug-likeness (QED) is 0.624. The maximum atomic E-state index is 2.63. The average molecular weight is 275 g/mol. The molecule has 114 valence electrons. The van der Waals surface area contributed by atoms with Gasteiger partial charge in [-0.2, -0.15) is 0 Å². The van der Waals surface area contributed by atoms with Crippen molar-refractivity contribution < 1.29 is 0 Å². The third kappa shape index (κ3) is 4.01. The summed E-state index contributed by atoms with van der Waals surface area (Å²) in [5, 5.41) is 0. The van der Waals surface area contributed by atoms with Crippen molar-refractivity contribution in [1.29, 1.82) is 0 Å². The van der Waals surface area contributed by atoms with Crippen LogP contribution in [0.4, 0.5) is 5.69 Å². The second-order valence-corrected chi connectivity index (χ2v) is 7.20. The first-order valence-corrected chi connectivity index (χ1v) is 8.15. The molecule has 0 saturated carbocycles. The largest absolute Gasteiger partial charge is 0.366 e. The molecule has 0 unspecified atom stereocenters. The van der Waals surface area contributed by atoms with Crippen LogP contribution in [0.3, 0.4) is 0 Å². The Bertz CT molecular complexity index is 418. The van der Waals surface area contributed by atoms with Gasteiger partial charge in [-0.25, -0.2) is 0 Å². The second kappa shape index (κ2) is 6.65. The maximum Gasteiger partial charge on any atom is 0.0400 e. The smallest absolute Gasteiger partial charge is 0.0400 e. The predicted molar refractivity (Wildman–Crippen MR) is 91.6 cm³/mol. The first-order valence-electron chi connectivity index (χ1n) is 8.15. The minimum Gasteiger partial charge on any atom is -0.366 e. The number of anilines is 1. The number of aryl methyl sites for hydroxylation is 1. The van der Waals surface area contributed by atoms with E-state index in [9.17, 15) is 0 Å². The summed E-state index contributed by atoms with van der Waals surface area (Å²) in [4.78, 5) is 2.63. The molecule has 0 aliphatic carbocycles. The summed E-state index contributed by atoms with van der Waals surface area (Å²) in [5.74, 6) is 0. The fraction of sp³-hybridized carbons (Fsp3) is 0.684. The Morgan fingerprint density at radius 1 is 0.950 bits per heavy atom. The van der Waals surface area contributed by atoms with Gasteiger partial charge in [0.05, 0.1) is 0 Å². The van der Waals surface area contributed by atoms with Gasteiger partial charge in [0.15, 0.2) is 0 Å². The van der Waals surface area contributed by atoms with Gasteiger partial charge in [0.2, 0.25) is 0 Å². The zero-order chi connectivity index (χ0) is 15.4. The minimum atomic E-state index is 0.264. The van der Waals surface area contributed by atoms with Crippen LogP contribution in [0.25, 0.3) is 0 Å². The highest BCUT2D eigenvalue weighted by Gasteiger charge is 2.35. The van der Waals surface area contributed by atoms with Crippen molar-refractivity contribution >= 4 is 5.69 Å². The lowest BCUT2D eigenvalue weighted by molar-refractivity contribution is 0.344. The molecule has 1 saturated heterocycles. The van der Waals surface area contributed by atoms with Crippen LogP contribution in [0.15, 0.2) is 24.3 Å². The first kappa shape index (κ1) is 17.1. The Labute approximate surface area is 126 Å². The summed E-state index contributed by atoms with van der Waals surface area (Å²) in [6.45, 7) is 17.0. The topological polar surface area (TPSA) is 3.24 Å². The molecule has 1 nitrogen and oxygen atoms in total. The van der Waals surface area contributed by atoms with Crippen molar-refractivity contribution in [1.82, 2.24) is 0 Å². The number of hydrogen-bond acceptors (Lipinski definition) is 1. The van der Waals surface area contributed by atoms with Crippen molar-refractivity contribution in [2.45, 2.75) is 73.3 Å². The van der Waals surface area contributed by atoms with Crippen molar-refractivity contribution in [3.05, 3.63) is 29.8 Å². The third-order valence-electron chi connectivity index (χ3n) is 4.37. The first-order chi connectivity index (χ1) is 9.32. The van der Waals surface area contributed by atoms with Crippen LogP contribution < -0.4 is 4.90 Å². The molecule has 0 bridgehead atoms. The standard InChI is InChI=1S/C17H27N.C2H6/c1-14-9-6-7-10-15(14)18-13-16(2,3)11-8-12-17(18,4)5;1-2/h6-7,9-10H,8,11-13H2,1-5H3;1-2H3. The van der Waals surface area contributed by atoms with E-state index >= 15 is 0 Å². The Balaban J connectivity index is 0.000000956. The number of benzene rings is 1. The molecule has 2 rings (SSSR count). The molecule has 1 aliphatic rings. The van der Waals surface area contributed by atoms with E-state index < -0.39 is 0 Å². The van der Waals surface area contributed by atoms with E-state index in [1.807, 2.05) is 13.8 Å². The number of para-hydroxylation sites is 1. The van der Waals surface area contributed by atoms with Gasteiger partial charge < -0.3 is 4.90 Å². The van der Waals surface area contributed by atoms with E-state index in [1.165, 1.54) is 30.5 Å². The van der Waals surface area contributed by atoms with Gasteiger partial charge in [-0.1, -0.05) is 52.3 Å². The van der Waals surface area contributed by atoms with E-state index in [2.05, 4.69) is 63.8 Å². The zero-order valence-electron chi connectivity index (χ0n) is 14.6. The highest BCUT2D eigenvalue weighted by molar-refractivity contribution is 5.55. The third-order valence-corrected chi connectivity index (χ3v) is 4.37. The van der Waals surface area contributed by atoms with Gasteiger partial charge in [-0.3, -0.25) is 0 Å². The normalized spacial score (nSPS) is 20.6. The summed E-state index contributed by atoms with van der Waals surface area (Å²) in [7, 11) is 0. The van der Waals surface area contributed by atoms with Gasteiger partial charge in [-0.15, -0.1) is 0 Å². The Morgan fingerprint density at radius 3 is 2.15 bits per heavy atom. The van der Waals surface area contributed by atoms with Gasteiger partial charge >= 0.3 is 0 Å². The minimum absolute atomic E-state index is 0.264. The highest BCUT2D eigenvalue weighted by Crippen LogP contribution is 2.39. The molecule has 0 atom stereocenters. The van der Waals surface area contributed by atoms with Crippen LogP contribution in [0.2, 0.25) is 0 Å². The Hall–Kier alpha value is -0.980. The van der Waals surface area contributed by atoms with E-state index in [1.54, 1.807) is 0 Å². The molecule has 1 fully saturated rings. The summed E-state index contributed by atoms with van der Waals surface area (Å²) in [6, 6.07) is 8.80. The van der Waals surface area contributed by atoms with E-state index in [0.717, 1.165) is 6.54 Å². The molecule has 0 amide bonds. The molecular formula is C19H33N. The Kier molecular flexibility index (Phi) is 5.68. The molecule has 1 aliphatic heterocycles. The molecule has 1 aromatic carbocycles. The monoisotopic (exact) mass is 275 g/mol. The van der Waals surface area contributed by atoms with E-state index in [0.29, 0.717) is 5.41 Å². The van der Waals surface area contributed by atoms with Gasteiger partial charge in [0.25, 0.3) is 0 Å². The van der Waals surface area contributed by atoms with Gasteiger partial charge in [-0.05, 0) is 50.7 Å². The van der Waals surface area contributed by atoms with Crippen LogP contribution in [-0.4, -0.2) is 12.1 Å². The Morgan fingerprint density at radius 2 is 1.55 bits per heavy atom. The molecule has 0 spiro atoms. The maximum absolute atomic E-state index is 2.63. The summed E-state index contributed by atoms with van der Waals surface area (Å²) < 4.78 is 0. The molecule has 1 heterocycles. The lowest BCUT2D eigenvalue weighted by Crippen LogP contribution is -2.46. The molecule has 20 heavy (non-hydrogen) atoms. The highest BCUT2D eigenvalue weighted by atomic mass is 15.2. The van der Waals surface area contributed by atoms with Crippen molar-refractivity contribution in [2.24, 2.45) is 5.41 Å². The number of nitrogens with zero attached hydrogens (tertiary/aromatic N) is 1. The molecular weight excluding hydrogens is 242 g/mol. The second-order valence-electron chi connectivity index (χ2n) is 7.20. The average Bonchev–Trinajstić information content (AvgIpc) is 2.49. The lowest BCUT2D eigenvalue weighted by Gasteiger charge is -2.42. The summed E-state index contributed by atoms with van der Waals surface area (Å²) >= 11 is 0. The van der Waals surface area contributed by atoms with Crippen molar-refractivity contribution in [2.75, 3.05) is 11.4 Å². The van der Waals surface area contributed by atoms with Crippen LogP contribution in [0, 0.1) is 12.3 Å². The van der Waals surface area contributed by atoms with Gasteiger partial charge in [0, 0.05) is 17.8 Å². The lowest BCUT2D eigenvalue weighted by atomic mass is 9.88. The molecule has 0 radical (unpaired) electrons. The van der Waals surface area contributed by atoms with Crippen LogP contribution in [0.1, 0.15) is 66.4 Å². The number of rotatable bonds is 1.